The van der Waals surface area contributed by atoms with Gasteiger partial charge in [-0.1, -0.05) is 6.92 Å². The third-order valence-corrected chi connectivity index (χ3v) is 3.44. The molecule has 2 aliphatic rings. The SMILES string of the molecule is CC1CC(N2CCC(N)CC2)C1. The lowest BCUT2D eigenvalue weighted by atomic mass is 9.80. The van der Waals surface area contributed by atoms with Crippen LogP contribution in [0.4, 0.5) is 0 Å². The summed E-state index contributed by atoms with van der Waals surface area (Å²) in [5, 5.41) is 0. The van der Waals surface area contributed by atoms with Crippen LogP contribution in [0.2, 0.25) is 0 Å². The number of nitrogens with two attached hydrogens (primary N) is 1. The van der Waals surface area contributed by atoms with Gasteiger partial charge in [0.1, 0.15) is 0 Å². The highest BCUT2D eigenvalue weighted by atomic mass is 15.2. The third-order valence-electron chi connectivity index (χ3n) is 3.44. The van der Waals surface area contributed by atoms with Crippen LogP contribution in [0, 0.1) is 5.92 Å². The topological polar surface area (TPSA) is 29.3 Å². The van der Waals surface area contributed by atoms with E-state index < -0.39 is 0 Å². The van der Waals surface area contributed by atoms with Gasteiger partial charge >= 0.3 is 0 Å². The van der Waals surface area contributed by atoms with Gasteiger partial charge in [0.05, 0.1) is 0 Å². The van der Waals surface area contributed by atoms with E-state index in [0.717, 1.165) is 12.0 Å². The molecule has 0 aromatic rings. The number of nitrogens with zero attached hydrogens (tertiary/aromatic N) is 1. The van der Waals surface area contributed by atoms with Crippen molar-refractivity contribution < 1.29 is 0 Å². The molecule has 0 spiro atoms. The summed E-state index contributed by atoms with van der Waals surface area (Å²) < 4.78 is 0. The van der Waals surface area contributed by atoms with Crippen LogP contribution in [0.1, 0.15) is 32.6 Å². The molecule has 70 valence electrons. The molecule has 2 rings (SSSR count). The first kappa shape index (κ1) is 8.52. The van der Waals surface area contributed by atoms with Crippen molar-refractivity contribution in [1.29, 1.82) is 0 Å². The number of piperidine rings is 1. The van der Waals surface area contributed by atoms with Crippen LogP contribution in [0.5, 0.6) is 0 Å². The maximum absolute atomic E-state index is 5.86. The van der Waals surface area contributed by atoms with E-state index in [9.17, 15) is 0 Å². The molecule has 0 amide bonds. The summed E-state index contributed by atoms with van der Waals surface area (Å²) in [7, 11) is 0. The second kappa shape index (κ2) is 3.35. The molecule has 0 aromatic heterocycles. The first-order chi connectivity index (χ1) is 5.75. The highest BCUT2D eigenvalue weighted by Crippen LogP contribution is 2.32. The minimum Gasteiger partial charge on any atom is -0.328 e. The number of hydrogen-bond acceptors (Lipinski definition) is 2. The summed E-state index contributed by atoms with van der Waals surface area (Å²) in [4.78, 5) is 2.64. The summed E-state index contributed by atoms with van der Waals surface area (Å²) in [6.07, 6.45) is 5.28. The first-order valence-electron chi connectivity index (χ1n) is 5.25. The molecule has 0 unspecified atom stereocenters. The standard InChI is InChI=1S/C10H20N2/c1-8-6-10(7-8)12-4-2-9(11)3-5-12/h8-10H,2-7,11H2,1H3. The van der Waals surface area contributed by atoms with Crippen LogP contribution in [-0.4, -0.2) is 30.1 Å². The van der Waals surface area contributed by atoms with Crippen LogP contribution in [0.25, 0.3) is 0 Å². The van der Waals surface area contributed by atoms with Crippen LogP contribution in [0.3, 0.4) is 0 Å². The summed E-state index contributed by atoms with van der Waals surface area (Å²) in [6, 6.07) is 1.39. The second-order valence-corrected chi connectivity index (χ2v) is 4.60. The summed E-state index contributed by atoms with van der Waals surface area (Å²) in [6.45, 7) is 4.85. The van der Waals surface area contributed by atoms with Crippen molar-refractivity contribution in [2.45, 2.75) is 44.7 Å². The zero-order valence-electron chi connectivity index (χ0n) is 8.00. The summed E-state index contributed by atoms with van der Waals surface area (Å²) >= 11 is 0. The fraction of sp³-hybridized carbons (Fsp3) is 1.00. The van der Waals surface area contributed by atoms with Gasteiger partial charge in [0.2, 0.25) is 0 Å². The van der Waals surface area contributed by atoms with Crippen LogP contribution in [-0.2, 0) is 0 Å². The van der Waals surface area contributed by atoms with Crippen LogP contribution in [0.15, 0.2) is 0 Å². The van der Waals surface area contributed by atoms with Gasteiger partial charge in [0, 0.05) is 12.1 Å². The Hall–Kier alpha value is -0.0800. The zero-order chi connectivity index (χ0) is 8.55. The molecule has 2 fully saturated rings. The fourth-order valence-corrected chi connectivity index (χ4v) is 2.44. The van der Waals surface area contributed by atoms with E-state index in [2.05, 4.69) is 11.8 Å². The Labute approximate surface area is 75.1 Å². The smallest absolute Gasteiger partial charge is 0.0100 e. The van der Waals surface area contributed by atoms with Crippen molar-refractivity contribution in [1.82, 2.24) is 4.90 Å². The summed E-state index contributed by atoms with van der Waals surface area (Å²) in [5.41, 5.74) is 5.86. The molecule has 1 saturated carbocycles. The van der Waals surface area contributed by atoms with Gasteiger partial charge < -0.3 is 10.6 Å². The van der Waals surface area contributed by atoms with Crippen molar-refractivity contribution in [2.24, 2.45) is 11.7 Å². The molecule has 1 aliphatic heterocycles. The van der Waals surface area contributed by atoms with Crippen LogP contribution >= 0.6 is 0 Å². The largest absolute Gasteiger partial charge is 0.328 e. The predicted molar refractivity (Wildman–Crippen MR) is 51.0 cm³/mol. The predicted octanol–water partition coefficient (Wildman–Crippen LogP) is 1.21. The molecular formula is C10H20N2. The van der Waals surface area contributed by atoms with Crippen molar-refractivity contribution in [3.63, 3.8) is 0 Å². The molecule has 2 N–H and O–H groups in total. The number of hydrogen-bond donors (Lipinski definition) is 1. The van der Waals surface area contributed by atoms with Gasteiger partial charge in [-0.05, 0) is 44.7 Å². The number of rotatable bonds is 1. The second-order valence-electron chi connectivity index (χ2n) is 4.60. The average molecular weight is 168 g/mol. The quantitative estimate of drug-likeness (QED) is 0.637. The van der Waals surface area contributed by atoms with Crippen molar-refractivity contribution in [3.8, 4) is 0 Å². The lowest BCUT2D eigenvalue weighted by Gasteiger charge is -2.44. The molecule has 2 heteroatoms. The monoisotopic (exact) mass is 168 g/mol. The molecule has 1 saturated heterocycles. The van der Waals surface area contributed by atoms with Gasteiger partial charge in [-0.2, -0.15) is 0 Å². The first-order valence-corrected chi connectivity index (χ1v) is 5.25. The average Bonchev–Trinajstić information content (AvgIpc) is 2.01. The Kier molecular flexibility index (Phi) is 2.37. The van der Waals surface area contributed by atoms with E-state index in [0.29, 0.717) is 6.04 Å². The molecule has 2 nitrogen and oxygen atoms in total. The van der Waals surface area contributed by atoms with E-state index in [-0.39, 0.29) is 0 Å². The Morgan fingerprint density at radius 2 is 1.75 bits per heavy atom. The van der Waals surface area contributed by atoms with Gasteiger partial charge in [0.25, 0.3) is 0 Å². The van der Waals surface area contributed by atoms with E-state index in [4.69, 9.17) is 5.73 Å². The van der Waals surface area contributed by atoms with E-state index in [1.54, 1.807) is 0 Å². The summed E-state index contributed by atoms with van der Waals surface area (Å²) in [5.74, 6) is 0.977. The maximum atomic E-state index is 5.86. The fourth-order valence-electron chi connectivity index (χ4n) is 2.44. The molecule has 1 heterocycles. The minimum atomic E-state index is 0.485. The molecule has 0 atom stereocenters. The Bertz CT molecular complexity index is 144. The lowest BCUT2D eigenvalue weighted by molar-refractivity contribution is 0.0647. The molecular weight excluding hydrogens is 148 g/mol. The van der Waals surface area contributed by atoms with Gasteiger partial charge in [-0.25, -0.2) is 0 Å². The minimum absolute atomic E-state index is 0.485. The van der Waals surface area contributed by atoms with Gasteiger partial charge in [-0.3, -0.25) is 0 Å². The lowest BCUT2D eigenvalue weighted by Crippen LogP contribution is -2.49. The zero-order valence-corrected chi connectivity index (χ0v) is 8.00. The van der Waals surface area contributed by atoms with Crippen LogP contribution < -0.4 is 5.73 Å². The van der Waals surface area contributed by atoms with E-state index >= 15 is 0 Å². The Balaban J connectivity index is 1.75. The number of likely N-dealkylation sites (tertiary alicyclic amines) is 1. The van der Waals surface area contributed by atoms with Crippen molar-refractivity contribution in [2.75, 3.05) is 13.1 Å². The Morgan fingerprint density at radius 1 is 1.17 bits per heavy atom. The van der Waals surface area contributed by atoms with Gasteiger partial charge in [-0.15, -0.1) is 0 Å². The Morgan fingerprint density at radius 3 is 2.25 bits per heavy atom. The van der Waals surface area contributed by atoms with Gasteiger partial charge in [0.15, 0.2) is 0 Å². The molecule has 12 heavy (non-hydrogen) atoms. The molecule has 0 bridgehead atoms. The normalized spacial score (nSPS) is 39.5. The molecule has 0 radical (unpaired) electrons. The highest BCUT2D eigenvalue weighted by Gasteiger charge is 2.31. The van der Waals surface area contributed by atoms with E-state index in [1.807, 2.05) is 0 Å². The van der Waals surface area contributed by atoms with Crippen molar-refractivity contribution >= 4 is 0 Å². The van der Waals surface area contributed by atoms with Crippen molar-refractivity contribution in [3.05, 3.63) is 0 Å². The third kappa shape index (κ3) is 1.64. The maximum Gasteiger partial charge on any atom is 0.0100 e. The molecule has 1 aliphatic carbocycles. The molecule has 0 aromatic carbocycles. The van der Waals surface area contributed by atoms with E-state index in [1.165, 1.54) is 38.8 Å². The highest BCUT2D eigenvalue weighted by molar-refractivity contribution is 4.87.